The fourth-order valence-electron chi connectivity index (χ4n) is 4.17. The van der Waals surface area contributed by atoms with E-state index < -0.39 is 23.7 Å². The molecule has 0 fully saturated rings. The molecule has 2 aliphatic heterocycles. The van der Waals surface area contributed by atoms with Gasteiger partial charge in [-0.05, 0) is 32.0 Å². The first-order valence-electron chi connectivity index (χ1n) is 9.92. The molecule has 0 aromatic heterocycles. The van der Waals surface area contributed by atoms with Crippen molar-refractivity contribution in [1.82, 2.24) is 0 Å². The second kappa shape index (κ2) is 7.62. The number of rotatable bonds is 4. The zero-order valence-electron chi connectivity index (χ0n) is 18.1. The van der Waals surface area contributed by atoms with Crippen LogP contribution in [0.4, 0.5) is 0 Å². The minimum absolute atomic E-state index is 0.0281. The number of carbonyl (C=O) groups is 1. The Kier molecular flexibility index (Phi) is 5.23. The summed E-state index contributed by atoms with van der Waals surface area (Å²) in [6.07, 6.45) is -2.41. The van der Waals surface area contributed by atoms with Crippen LogP contribution >= 0.6 is 0 Å². The molecule has 2 N–H and O–H groups in total. The maximum atomic E-state index is 13.4. The molecule has 2 heterocycles. The Hall–Kier alpha value is -2.97. The van der Waals surface area contributed by atoms with Gasteiger partial charge in [0.1, 0.15) is 41.7 Å². The molecular formula is C23H26O8. The maximum Gasteiger partial charge on any atom is 0.177 e. The topological polar surface area (TPSA) is 104 Å². The molecule has 4 rings (SSSR count). The van der Waals surface area contributed by atoms with E-state index in [4.69, 9.17) is 23.7 Å². The number of hydrogen-bond acceptors (Lipinski definition) is 8. The van der Waals surface area contributed by atoms with E-state index in [1.807, 2.05) is 0 Å². The number of aliphatic hydroxyl groups excluding tert-OH is 2. The second-order valence-electron chi connectivity index (χ2n) is 8.13. The van der Waals surface area contributed by atoms with Crippen LogP contribution in [-0.4, -0.2) is 55.6 Å². The van der Waals surface area contributed by atoms with Gasteiger partial charge in [-0.25, -0.2) is 0 Å². The van der Waals surface area contributed by atoms with Crippen LogP contribution in [0.1, 0.15) is 47.4 Å². The molecule has 3 atom stereocenters. The highest BCUT2D eigenvalue weighted by Gasteiger charge is 2.46. The first-order chi connectivity index (χ1) is 14.7. The van der Waals surface area contributed by atoms with Crippen LogP contribution in [-0.2, 0) is 0 Å². The second-order valence-corrected chi connectivity index (χ2v) is 8.13. The Morgan fingerprint density at radius 2 is 1.65 bits per heavy atom. The normalized spacial score (nSPS) is 23.7. The van der Waals surface area contributed by atoms with Crippen LogP contribution in [0.2, 0.25) is 0 Å². The average molecular weight is 430 g/mol. The van der Waals surface area contributed by atoms with Gasteiger partial charge in [-0.2, -0.15) is 0 Å². The number of ketones is 1. The van der Waals surface area contributed by atoms with Crippen molar-refractivity contribution in [3.8, 4) is 28.7 Å². The van der Waals surface area contributed by atoms with Gasteiger partial charge in [0, 0.05) is 11.6 Å². The predicted molar refractivity (Wildman–Crippen MR) is 111 cm³/mol. The van der Waals surface area contributed by atoms with Crippen LogP contribution in [0, 0.1) is 0 Å². The summed E-state index contributed by atoms with van der Waals surface area (Å²) in [6, 6.07) is 6.62. The van der Waals surface area contributed by atoms with Crippen molar-refractivity contribution < 1.29 is 38.7 Å². The number of methoxy groups -OCH3 is 3. The lowest BCUT2D eigenvalue weighted by atomic mass is 9.83. The predicted octanol–water partition coefficient (Wildman–Crippen LogP) is 2.64. The number of fused-ring (bicyclic) bond motifs is 3. The summed E-state index contributed by atoms with van der Waals surface area (Å²) in [7, 11) is 4.55. The molecule has 8 nitrogen and oxygen atoms in total. The highest BCUT2D eigenvalue weighted by molar-refractivity contribution is 6.05. The summed E-state index contributed by atoms with van der Waals surface area (Å²) >= 11 is 0. The first-order valence-corrected chi connectivity index (χ1v) is 9.92. The summed E-state index contributed by atoms with van der Waals surface area (Å²) in [5.74, 6) is 1.21. The monoisotopic (exact) mass is 430 g/mol. The van der Waals surface area contributed by atoms with E-state index in [1.165, 1.54) is 21.3 Å². The van der Waals surface area contributed by atoms with Crippen molar-refractivity contribution in [2.45, 2.75) is 37.6 Å². The molecule has 2 aliphatic rings. The zero-order chi connectivity index (χ0) is 22.5. The van der Waals surface area contributed by atoms with Gasteiger partial charge in [-0.1, -0.05) is 0 Å². The van der Waals surface area contributed by atoms with Crippen LogP contribution in [0.3, 0.4) is 0 Å². The molecule has 0 aliphatic carbocycles. The number of benzene rings is 2. The summed E-state index contributed by atoms with van der Waals surface area (Å²) in [6.45, 7) is 3.41. The van der Waals surface area contributed by atoms with Gasteiger partial charge in [-0.15, -0.1) is 0 Å². The van der Waals surface area contributed by atoms with Crippen molar-refractivity contribution in [3.05, 3.63) is 41.0 Å². The van der Waals surface area contributed by atoms with Crippen LogP contribution < -0.4 is 23.7 Å². The molecule has 31 heavy (non-hydrogen) atoms. The first kappa shape index (κ1) is 21.3. The van der Waals surface area contributed by atoms with E-state index in [1.54, 1.807) is 38.1 Å². The SMILES string of the molecule is COc1cc(OC)c(C2COc3c(ccc4c3C(O)C(O)C(C)(C)O4)C2=O)cc1OC. The van der Waals surface area contributed by atoms with Crippen LogP contribution in [0.15, 0.2) is 24.3 Å². The highest BCUT2D eigenvalue weighted by atomic mass is 16.5. The minimum Gasteiger partial charge on any atom is -0.496 e. The van der Waals surface area contributed by atoms with Crippen molar-refractivity contribution in [2.24, 2.45) is 0 Å². The van der Waals surface area contributed by atoms with E-state index in [-0.39, 0.29) is 23.7 Å². The molecule has 0 amide bonds. The number of aliphatic hydroxyl groups is 2. The molecule has 2 aromatic carbocycles. The van der Waals surface area contributed by atoms with Gasteiger partial charge < -0.3 is 33.9 Å². The molecule has 0 bridgehead atoms. The average Bonchev–Trinajstić information content (AvgIpc) is 2.76. The molecule has 3 unspecified atom stereocenters. The lowest BCUT2D eigenvalue weighted by molar-refractivity contribution is -0.112. The molecule has 0 saturated heterocycles. The summed E-state index contributed by atoms with van der Waals surface area (Å²) in [5.41, 5.74) is 0.220. The van der Waals surface area contributed by atoms with Crippen molar-refractivity contribution in [1.29, 1.82) is 0 Å². The quantitative estimate of drug-likeness (QED) is 0.763. The Morgan fingerprint density at radius 1 is 1.00 bits per heavy atom. The molecule has 0 spiro atoms. The van der Waals surface area contributed by atoms with Crippen molar-refractivity contribution in [2.75, 3.05) is 27.9 Å². The number of Topliss-reactive ketones (excluding diaryl/α,β-unsaturated/α-hetero) is 1. The zero-order valence-corrected chi connectivity index (χ0v) is 18.1. The van der Waals surface area contributed by atoms with E-state index in [9.17, 15) is 15.0 Å². The van der Waals surface area contributed by atoms with E-state index in [0.29, 0.717) is 34.1 Å². The third-order valence-electron chi connectivity index (χ3n) is 5.92. The largest absolute Gasteiger partial charge is 0.496 e. The molecular weight excluding hydrogens is 404 g/mol. The molecule has 2 aromatic rings. The standard InChI is InChI=1S/C23H26O8/c1-23(2)22(26)20(25)18-14(31-23)7-6-11-19(24)13(10-30-21(11)18)12-8-16(28-4)17(29-5)9-15(12)27-3/h6-9,13,20,22,25-26H,10H2,1-5H3. The smallest absolute Gasteiger partial charge is 0.177 e. The van der Waals surface area contributed by atoms with Gasteiger partial charge in [0.2, 0.25) is 0 Å². The van der Waals surface area contributed by atoms with E-state index in [2.05, 4.69) is 0 Å². The molecule has 166 valence electrons. The fourth-order valence-corrected chi connectivity index (χ4v) is 4.17. The molecule has 0 saturated carbocycles. The third kappa shape index (κ3) is 3.26. The van der Waals surface area contributed by atoms with E-state index >= 15 is 0 Å². The Morgan fingerprint density at radius 3 is 2.29 bits per heavy atom. The van der Waals surface area contributed by atoms with Gasteiger partial charge in [0.15, 0.2) is 17.3 Å². The summed E-state index contributed by atoms with van der Waals surface area (Å²) in [5, 5.41) is 21.2. The lowest BCUT2D eigenvalue weighted by Gasteiger charge is -2.41. The number of ether oxygens (including phenoxy) is 5. The molecule has 8 heteroatoms. The van der Waals surface area contributed by atoms with E-state index in [0.717, 1.165) is 0 Å². The molecule has 0 radical (unpaired) electrons. The Balaban J connectivity index is 1.78. The Bertz CT molecular complexity index is 1030. The van der Waals surface area contributed by atoms with Gasteiger partial charge >= 0.3 is 0 Å². The number of carbonyl (C=O) groups excluding carboxylic acids is 1. The van der Waals surface area contributed by atoms with Gasteiger partial charge in [-0.3, -0.25) is 4.79 Å². The van der Waals surface area contributed by atoms with Crippen LogP contribution in [0.5, 0.6) is 28.7 Å². The lowest BCUT2D eigenvalue weighted by Crippen LogP contribution is -2.49. The number of hydrogen-bond donors (Lipinski definition) is 2. The summed E-state index contributed by atoms with van der Waals surface area (Å²) in [4.78, 5) is 13.4. The summed E-state index contributed by atoms with van der Waals surface area (Å²) < 4.78 is 28.0. The van der Waals surface area contributed by atoms with Gasteiger partial charge in [0.05, 0.1) is 38.4 Å². The van der Waals surface area contributed by atoms with Crippen molar-refractivity contribution >= 4 is 5.78 Å². The minimum atomic E-state index is -1.24. The van der Waals surface area contributed by atoms with Crippen LogP contribution in [0.25, 0.3) is 0 Å². The fraction of sp³-hybridized carbons (Fsp3) is 0.435. The Labute approximate surface area is 180 Å². The van der Waals surface area contributed by atoms with Gasteiger partial charge in [0.25, 0.3) is 0 Å². The van der Waals surface area contributed by atoms with Crippen molar-refractivity contribution in [3.63, 3.8) is 0 Å². The third-order valence-corrected chi connectivity index (χ3v) is 5.92. The maximum absolute atomic E-state index is 13.4. The highest BCUT2D eigenvalue weighted by Crippen LogP contribution is 2.49.